The number of carbonyl (C=O) groups excluding carboxylic acids is 1. The Labute approximate surface area is 111 Å². The molecule has 1 rings (SSSR count). The van der Waals surface area contributed by atoms with Crippen LogP contribution in [0.2, 0.25) is 0 Å². The molecule has 1 aromatic rings. The van der Waals surface area contributed by atoms with Gasteiger partial charge in [-0.25, -0.2) is 0 Å². The third-order valence-corrected chi connectivity index (χ3v) is 3.47. The zero-order valence-electron chi connectivity index (χ0n) is 10.5. The van der Waals surface area contributed by atoms with Crippen molar-refractivity contribution in [2.75, 3.05) is 25.7 Å². The van der Waals surface area contributed by atoms with Crippen LogP contribution in [0.5, 0.6) is 11.5 Å². The molecule has 100 valence electrons. The van der Waals surface area contributed by atoms with Crippen LogP contribution in [0.4, 0.5) is 0 Å². The molecule has 0 spiro atoms. The highest BCUT2D eigenvalue weighted by Crippen LogP contribution is 2.29. The van der Waals surface area contributed by atoms with E-state index in [9.17, 15) is 4.79 Å². The molecule has 0 aliphatic carbocycles. The lowest BCUT2D eigenvalue weighted by molar-refractivity contribution is -0.115. The van der Waals surface area contributed by atoms with Crippen LogP contribution in [0.3, 0.4) is 0 Å². The molecule has 4 N–H and O–H groups in total. The van der Waals surface area contributed by atoms with Crippen LogP contribution in [0, 0.1) is 0 Å². The van der Waals surface area contributed by atoms with Crippen LogP contribution in [-0.4, -0.2) is 31.6 Å². The number of amides is 1. The number of thioether (sulfide) groups is 1. The molecule has 0 saturated heterocycles. The molecule has 0 radical (unpaired) electrons. The summed E-state index contributed by atoms with van der Waals surface area (Å²) in [4.78, 5) is 10.6. The maximum atomic E-state index is 10.6. The van der Waals surface area contributed by atoms with E-state index in [1.807, 2.05) is 12.1 Å². The molecule has 0 aliphatic rings. The van der Waals surface area contributed by atoms with Gasteiger partial charge in [-0.3, -0.25) is 4.79 Å². The van der Waals surface area contributed by atoms with Gasteiger partial charge in [0.1, 0.15) is 11.5 Å². The second-order valence-electron chi connectivity index (χ2n) is 3.70. The number of methoxy groups -OCH3 is 2. The largest absolute Gasteiger partial charge is 0.497 e. The number of hydrogen-bond donors (Lipinski definition) is 2. The monoisotopic (exact) mass is 270 g/mol. The fourth-order valence-electron chi connectivity index (χ4n) is 1.50. The van der Waals surface area contributed by atoms with Crippen LogP contribution in [0.15, 0.2) is 18.2 Å². The number of benzene rings is 1. The van der Waals surface area contributed by atoms with Gasteiger partial charge < -0.3 is 20.9 Å². The lowest BCUT2D eigenvalue weighted by Crippen LogP contribution is -2.18. The second kappa shape index (κ2) is 7.13. The SMILES string of the molecule is COc1ccc(C(N)CSCC(N)=O)c(OC)c1. The zero-order valence-corrected chi connectivity index (χ0v) is 11.3. The van der Waals surface area contributed by atoms with Crippen LogP contribution < -0.4 is 20.9 Å². The fourth-order valence-corrected chi connectivity index (χ4v) is 2.25. The van der Waals surface area contributed by atoms with E-state index < -0.39 is 0 Å². The topological polar surface area (TPSA) is 87.6 Å². The Morgan fingerprint density at radius 3 is 2.67 bits per heavy atom. The van der Waals surface area contributed by atoms with Gasteiger partial charge in [0.15, 0.2) is 0 Å². The van der Waals surface area contributed by atoms with E-state index in [-0.39, 0.29) is 17.7 Å². The molecule has 0 aliphatic heterocycles. The van der Waals surface area contributed by atoms with Crippen molar-refractivity contribution in [3.8, 4) is 11.5 Å². The van der Waals surface area contributed by atoms with Gasteiger partial charge in [-0.15, -0.1) is 0 Å². The molecule has 1 unspecified atom stereocenters. The van der Waals surface area contributed by atoms with Gasteiger partial charge in [-0.05, 0) is 6.07 Å². The molecule has 0 saturated carbocycles. The van der Waals surface area contributed by atoms with Crippen LogP contribution in [0.1, 0.15) is 11.6 Å². The highest BCUT2D eigenvalue weighted by molar-refractivity contribution is 7.99. The highest BCUT2D eigenvalue weighted by Gasteiger charge is 2.13. The van der Waals surface area contributed by atoms with Crippen molar-refractivity contribution in [2.24, 2.45) is 11.5 Å². The summed E-state index contributed by atoms with van der Waals surface area (Å²) in [5.41, 5.74) is 12.0. The molecule has 6 heteroatoms. The number of hydrogen-bond acceptors (Lipinski definition) is 5. The average Bonchev–Trinajstić information content (AvgIpc) is 2.37. The van der Waals surface area contributed by atoms with Crippen molar-refractivity contribution in [1.29, 1.82) is 0 Å². The lowest BCUT2D eigenvalue weighted by Gasteiger charge is -2.16. The maximum Gasteiger partial charge on any atom is 0.227 e. The first-order valence-electron chi connectivity index (χ1n) is 5.42. The molecular formula is C12H18N2O3S. The van der Waals surface area contributed by atoms with Crippen molar-refractivity contribution in [3.05, 3.63) is 23.8 Å². The van der Waals surface area contributed by atoms with Gasteiger partial charge in [0, 0.05) is 23.4 Å². The third kappa shape index (κ3) is 4.12. The lowest BCUT2D eigenvalue weighted by atomic mass is 10.1. The zero-order chi connectivity index (χ0) is 13.5. The fraction of sp³-hybridized carbons (Fsp3) is 0.417. The Morgan fingerprint density at radius 1 is 1.39 bits per heavy atom. The molecule has 1 amide bonds. The minimum atomic E-state index is -0.339. The quantitative estimate of drug-likeness (QED) is 0.769. The standard InChI is InChI=1S/C12H18N2O3S/c1-16-8-3-4-9(11(5-8)17-2)10(13)6-18-7-12(14)15/h3-5,10H,6-7,13H2,1-2H3,(H2,14,15). The molecule has 0 bridgehead atoms. The number of carbonyl (C=O) groups is 1. The molecule has 0 heterocycles. The minimum absolute atomic E-state index is 0.213. The van der Waals surface area contributed by atoms with E-state index in [1.54, 1.807) is 20.3 Å². The van der Waals surface area contributed by atoms with E-state index >= 15 is 0 Å². The molecule has 18 heavy (non-hydrogen) atoms. The van der Waals surface area contributed by atoms with Crippen molar-refractivity contribution < 1.29 is 14.3 Å². The van der Waals surface area contributed by atoms with Gasteiger partial charge >= 0.3 is 0 Å². The summed E-state index contributed by atoms with van der Waals surface area (Å²) in [6.07, 6.45) is 0. The van der Waals surface area contributed by atoms with Crippen LogP contribution in [-0.2, 0) is 4.79 Å². The Morgan fingerprint density at radius 2 is 2.11 bits per heavy atom. The Kier molecular flexibility index (Phi) is 5.80. The van der Waals surface area contributed by atoms with Crippen LogP contribution >= 0.6 is 11.8 Å². The summed E-state index contributed by atoms with van der Waals surface area (Å²) >= 11 is 1.41. The smallest absolute Gasteiger partial charge is 0.227 e. The van der Waals surface area contributed by atoms with E-state index in [0.717, 1.165) is 5.56 Å². The molecular weight excluding hydrogens is 252 g/mol. The summed E-state index contributed by atoms with van der Waals surface area (Å²) in [5.74, 6) is 1.93. The highest BCUT2D eigenvalue weighted by atomic mass is 32.2. The first-order valence-corrected chi connectivity index (χ1v) is 6.57. The minimum Gasteiger partial charge on any atom is -0.497 e. The van der Waals surface area contributed by atoms with E-state index in [4.69, 9.17) is 20.9 Å². The summed E-state index contributed by atoms with van der Waals surface area (Å²) in [6.45, 7) is 0. The molecule has 0 aromatic heterocycles. The van der Waals surface area contributed by atoms with E-state index in [2.05, 4.69) is 0 Å². The summed E-state index contributed by atoms with van der Waals surface area (Å²) in [6, 6.07) is 5.27. The van der Waals surface area contributed by atoms with Crippen molar-refractivity contribution in [1.82, 2.24) is 0 Å². The average molecular weight is 270 g/mol. The second-order valence-corrected chi connectivity index (χ2v) is 4.73. The van der Waals surface area contributed by atoms with Gasteiger partial charge in [0.2, 0.25) is 5.91 Å². The number of primary amides is 1. The third-order valence-electron chi connectivity index (χ3n) is 2.38. The van der Waals surface area contributed by atoms with Crippen molar-refractivity contribution >= 4 is 17.7 Å². The van der Waals surface area contributed by atoms with E-state index in [0.29, 0.717) is 17.3 Å². The Hall–Kier alpha value is -1.40. The molecule has 0 fully saturated rings. The molecule has 1 atom stereocenters. The number of rotatable bonds is 7. The van der Waals surface area contributed by atoms with Crippen molar-refractivity contribution in [3.63, 3.8) is 0 Å². The predicted molar refractivity (Wildman–Crippen MR) is 73.0 cm³/mol. The van der Waals surface area contributed by atoms with Gasteiger partial charge in [0.05, 0.1) is 20.0 Å². The molecule has 5 nitrogen and oxygen atoms in total. The molecule has 1 aromatic carbocycles. The number of nitrogens with two attached hydrogens (primary N) is 2. The summed E-state index contributed by atoms with van der Waals surface area (Å²) in [5, 5.41) is 0. The van der Waals surface area contributed by atoms with Crippen molar-refractivity contribution in [2.45, 2.75) is 6.04 Å². The number of ether oxygens (including phenoxy) is 2. The Bertz CT molecular complexity index is 412. The maximum absolute atomic E-state index is 10.6. The van der Waals surface area contributed by atoms with Gasteiger partial charge in [0.25, 0.3) is 0 Å². The van der Waals surface area contributed by atoms with Crippen LogP contribution in [0.25, 0.3) is 0 Å². The van der Waals surface area contributed by atoms with E-state index in [1.165, 1.54) is 11.8 Å². The Balaban J connectivity index is 2.72. The summed E-state index contributed by atoms with van der Waals surface area (Å²) in [7, 11) is 3.18. The van der Waals surface area contributed by atoms with Gasteiger partial charge in [-0.2, -0.15) is 11.8 Å². The predicted octanol–water partition coefficient (Wildman–Crippen LogP) is 0.922. The first-order chi connectivity index (χ1) is 8.58. The summed E-state index contributed by atoms with van der Waals surface area (Å²) < 4.78 is 10.4. The first kappa shape index (κ1) is 14.7. The normalized spacial score (nSPS) is 11.9. The van der Waals surface area contributed by atoms with Gasteiger partial charge in [-0.1, -0.05) is 6.07 Å².